The third-order valence-electron chi connectivity index (χ3n) is 3.53. The highest BCUT2D eigenvalue weighted by atomic mass is 19.1. The van der Waals surface area contributed by atoms with Crippen LogP contribution in [0.15, 0.2) is 30.3 Å². The van der Waals surface area contributed by atoms with Crippen molar-refractivity contribution in [2.75, 3.05) is 11.9 Å². The molecular formula is C18H18F2N2O2. The molecule has 0 aliphatic carbocycles. The Morgan fingerprint density at radius 2 is 1.62 bits per heavy atom. The third-order valence-corrected chi connectivity index (χ3v) is 3.53. The number of carbonyl (C=O) groups is 2. The van der Waals surface area contributed by atoms with Gasteiger partial charge in [-0.2, -0.15) is 0 Å². The Bertz CT molecular complexity index is 781. The molecule has 4 nitrogen and oxygen atoms in total. The van der Waals surface area contributed by atoms with Crippen LogP contribution in [0.25, 0.3) is 0 Å². The first-order valence-corrected chi connectivity index (χ1v) is 7.39. The van der Waals surface area contributed by atoms with E-state index in [0.29, 0.717) is 11.8 Å². The summed E-state index contributed by atoms with van der Waals surface area (Å²) < 4.78 is 26.3. The second kappa shape index (κ2) is 7.21. The number of rotatable bonds is 4. The van der Waals surface area contributed by atoms with Gasteiger partial charge in [-0.05, 0) is 44.0 Å². The van der Waals surface area contributed by atoms with Gasteiger partial charge in [-0.15, -0.1) is 0 Å². The van der Waals surface area contributed by atoms with Crippen molar-refractivity contribution in [3.8, 4) is 0 Å². The summed E-state index contributed by atoms with van der Waals surface area (Å²) in [6, 6.07) is 6.52. The summed E-state index contributed by atoms with van der Waals surface area (Å²) in [5.41, 5.74) is 3.29. The average Bonchev–Trinajstić information content (AvgIpc) is 2.48. The lowest BCUT2D eigenvalue weighted by molar-refractivity contribution is -0.115. The molecule has 0 saturated carbocycles. The second-order valence-electron chi connectivity index (χ2n) is 5.63. The van der Waals surface area contributed by atoms with Crippen molar-refractivity contribution in [3.63, 3.8) is 0 Å². The number of anilines is 1. The smallest absolute Gasteiger partial charge is 0.254 e. The van der Waals surface area contributed by atoms with Gasteiger partial charge in [0.15, 0.2) is 0 Å². The van der Waals surface area contributed by atoms with Crippen LogP contribution in [0.5, 0.6) is 0 Å². The van der Waals surface area contributed by atoms with E-state index >= 15 is 0 Å². The first-order chi connectivity index (χ1) is 11.3. The Kier molecular flexibility index (Phi) is 5.28. The van der Waals surface area contributed by atoms with Gasteiger partial charge < -0.3 is 10.6 Å². The third kappa shape index (κ3) is 4.16. The van der Waals surface area contributed by atoms with Gasteiger partial charge in [0.25, 0.3) is 5.91 Å². The van der Waals surface area contributed by atoms with Gasteiger partial charge in [0.1, 0.15) is 11.6 Å². The number of hydrogen-bond acceptors (Lipinski definition) is 2. The summed E-state index contributed by atoms with van der Waals surface area (Å²) in [5, 5.41) is 5.04. The number of aryl methyl sites for hydroxylation is 3. The van der Waals surface area contributed by atoms with Gasteiger partial charge in [-0.1, -0.05) is 17.7 Å². The molecule has 24 heavy (non-hydrogen) atoms. The minimum atomic E-state index is -0.974. The van der Waals surface area contributed by atoms with Crippen LogP contribution in [-0.2, 0) is 4.79 Å². The Morgan fingerprint density at radius 1 is 1.00 bits per heavy atom. The van der Waals surface area contributed by atoms with Crippen molar-refractivity contribution in [3.05, 3.63) is 64.2 Å². The van der Waals surface area contributed by atoms with E-state index in [0.717, 1.165) is 28.8 Å². The summed E-state index contributed by atoms with van der Waals surface area (Å²) in [6.07, 6.45) is 0. The highest BCUT2D eigenvalue weighted by Gasteiger charge is 2.14. The van der Waals surface area contributed by atoms with Crippen LogP contribution < -0.4 is 10.6 Å². The van der Waals surface area contributed by atoms with Crippen molar-refractivity contribution >= 4 is 17.5 Å². The molecule has 0 radical (unpaired) electrons. The van der Waals surface area contributed by atoms with Crippen LogP contribution in [0.2, 0.25) is 0 Å². The number of amides is 2. The number of benzene rings is 2. The average molecular weight is 332 g/mol. The standard InChI is InChI=1S/C18H18F2N2O2/c1-10-6-11(2)17(12(3)7-10)22-16(23)9-21-18(24)14-5-4-13(19)8-15(14)20/h4-8H,9H2,1-3H3,(H,21,24)(H,22,23). The Morgan fingerprint density at radius 3 is 2.21 bits per heavy atom. The normalized spacial score (nSPS) is 10.4. The molecule has 6 heteroatoms. The van der Waals surface area contributed by atoms with Gasteiger partial charge in [0, 0.05) is 11.8 Å². The molecule has 2 aromatic rings. The molecule has 2 aromatic carbocycles. The van der Waals surface area contributed by atoms with Gasteiger partial charge in [-0.3, -0.25) is 9.59 Å². The van der Waals surface area contributed by atoms with Gasteiger partial charge >= 0.3 is 0 Å². The van der Waals surface area contributed by atoms with Crippen LogP contribution in [0.4, 0.5) is 14.5 Å². The summed E-state index contributed by atoms with van der Waals surface area (Å²) in [6.45, 7) is 5.40. The Hall–Kier alpha value is -2.76. The minimum absolute atomic E-state index is 0.313. The zero-order chi connectivity index (χ0) is 17.9. The van der Waals surface area contributed by atoms with Crippen molar-refractivity contribution in [1.29, 1.82) is 0 Å². The maximum Gasteiger partial charge on any atom is 0.254 e. The summed E-state index contributed by atoms with van der Waals surface area (Å²) in [7, 11) is 0. The number of carbonyl (C=O) groups excluding carboxylic acids is 2. The summed E-state index contributed by atoms with van der Waals surface area (Å²) in [5.74, 6) is -2.95. The zero-order valence-corrected chi connectivity index (χ0v) is 13.7. The first kappa shape index (κ1) is 17.6. The topological polar surface area (TPSA) is 58.2 Å². The molecule has 0 bridgehead atoms. The molecule has 0 saturated heterocycles. The van der Waals surface area contributed by atoms with Crippen LogP contribution in [0.1, 0.15) is 27.0 Å². The fourth-order valence-electron chi connectivity index (χ4n) is 2.49. The lowest BCUT2D eigenvalue weighted by atomic mass is 10.1. The molecule has 0 atom stereocenters. The molecule has 2 rings (SSSR count). The molecular weight excluding hydrogens is 314 g/mol. The lowest BCUT2D eigenvalue weighted by Gasteiger charge is -2.13. The Balaban J connectivity index is 2.00. The van der Waals surface area contributed by atoms with Gasteiger partial charge in [-0.25, -0.2) is 8.78 Å². The van der Waals surface area contributed by atoms with E-state index in [1.165, 1.54) is 0 Å². The van der Waals surface area contributed by atoms with Crippen molar-refractivity contribution in [1.82, 2.24) is 5.32 Å². The highest BCUT2D eigenvalue weighted by Crippen LogP contribution is 2.21. The summed E-state index contributed by atoms with van der Waals surface area (Å²) >= 11 is 0. The van der Waals surface area contributed by atoms with E-state index in [9.17, 15) is 18.4 Å². The molecule has 126 valence electrons. The molecule has 0 heterocycles. The predicted octanol–water partition coefficient (Wildman–Crippen LogP) is 3.26. The molecule has 0 unspecified atom stereocenters. The van der Waals surface area contributed by atoms with E-state index in [2.05, 4.69) is 10.6 Å². The first-order valence-electron chi connectivity index (χ1n) is 7.39. The molecule has 2 amide bonds. The van der Waals surface area contributed by atoms with Crippen molar-refractivity contribution < 1.29 is 18.4 Å². The molecule has 2 N–H and O–H groups in total. The van der Waals surface area contributed by atoms with Crippen LogP contribution in [0, 0.1) is 32.4 Å². The van der Waals surface area contributed by atoms with E-state index in [1.807, 2.05) is 32.9 Å². The van der Waals surface area contributed by atoms with E-state index in [4.69, 9.17) is 0 Å². The van der Waals surface area contributed by atoms with Crippen LogP contribution in [-0.4, -0.2) is 18.4 Å². The maximum atomic E-state index is 13.5. The quantitative estimate of drug-likeness (QED) is 0.903. The number of halogens is 2. The molecule has 0 fully saturated rings. The Labute approximate surface area is 138 Å². The van der Waals surface area contributed by atoms with E-state index in [1.54, 1.807) is 0 Å². The predicted molar refractivity (Wildman–Crippen MR) is 88.0 cm³/mol. The van der Waals surface area contributed by atoms with E-state index < -0.39 is 23.4 Å². The molecule has 0 aliphatic rings. The fourth-order valence-corrected chi connectivity index (χ4v) is 2.49. The zero-order valence-electron chi connectivity index (χ0n) is 13.7. The van der Waals surface area contributed by atoms with Gasteiger partial charge in [0.2, 0.25) is 5.91 Å². The second-order valence-corrected chi connectivity index (χ2v) is 5.63. The maximum absolute atomic E-state index is 13.5. The van der Waals surface area contributed by atoms with E-state index in [-0.39, 0.29) is 12.1 Å². The van der Waals surface area contributed by atoms with Crippen molar-refractivity contribution in [2.45, 2.75) is 20.8 Å². The summed E-state index contributed by atoms with van der Waals surface area (Å²) in [4.78, 5) is 23.9. The monoisotopic (exact) mass is 332 g/mol. The molecule has 0 aliphatic heterocycles. The largest absolute Gasteiger partial charge is 0.343 e. The highest BCUT2D eigenvalue weighted by molar-refractivity contribution is 6.00. The molecule has 0 aromatic heterocycles. The van der Waals surface area contributed by atoms with Gasteiger partial charge in [0.05, 0.1) is 12.1 Å². The molecule has 0 spiro atoms. The number of hydrogen-bond donors (Lipinski definition) is 2. The fraction of sp³-hybridized carbons (Fsp3) is 0.222. The minimum Gasteiger partial charge on any atom is -0.343 e. The lowest BCUT2D eigenvalue weighted by Crippen LogP contribution is -2.33. The van der Waals surface area contributed by atoms with Crippen LogP contribution >= 0.6 is 0 Å². The van der Waals surface area contributed by atoms with Crippen LogP contribution in [0.3, 0.4) is 0 Å². The number of nitrogens with one attached hydrogen (secondary N) is 2. The SMILES string of the molecule is Cc1cc(C)c(NC(=O)CNC(=O)c2ccc(F)cc2F)c(C)c1. The van der Waals surface area contributed by atoms with Crippen molar-refractivity contribution in [2.24, 2.45) is 0 Å².